The molecule has 0 N–H and O–H groups in total. The summed E-state index contributed by atoms with van der Waals surface area (Å²) in [5.41, 5.74) is 0.236. The topological polar surface area (TPSA) is 94.6 Å². The molecule has 0 saturated heterocycles. The van der Waals surface area contributed by atoms with Crippen LogP contribution in [-0.2, 0) is 30.6 Å². The molecule has 0 fully saturated rings. The zero-order valence-electron chi connectivity index (χ0n) is 17.7. The van der Waals surface area contributed by atoms with Gasteiger partial charge in [0.15, 0.2) is 26.8 Å². The highest BCUT2D eigenvalue weighted by Gasteiger charge is 2.41. The number of esters is 1. The Hall–Kier alpha value is -1.00. The molecule has 32 heavy (non-hydrogen) atoms. The number of thioether (sulfide) groups is 2. The van der Waals surface area contributed by atoms with E-state index in [2.05, 4.69) is 0 Å². The Labute approximate surface area is 205 Å². The summed E-state index contributed by atoms with van der Waals surface area (Å²) in [5, 5.41) is 0.0693. The Balaban J connectivity index is 2.09. The van der Waals surface area contributed by atoms with E-state index in [1.54, 1.807) is 13.2 Å². The van der Waals surface area contributed by atoms with Gasteiger partial charge >= 0.3 is 5.97 Å². The molecule has 11 heteroatoms. The number of ether oxygens (including phenoxy) is 1. The highest BCUT2D eigenvalue weighted by molar-refractivity contribution is 8.13. The quantitative estimate of drug-likeness (QED) is 0.162. The average Bonchev–Trinajstić information content (AvgIpc) is 3.00. The fourth-order valence-corrected chi connectivity index (χ4v) is 9.05. The third kappa shape index (κ3) is 4.78. The van der Waals surface area contributed by atoms with E-state index < -0.39 is 31.6 Å². The van der Waals surface area contributed by atoms with Crippen LogP contribution in [0, 0.1) is 6.92 Å². The first-order valence-electron chi connectivity index (χ1n) is 9.82. The molecular formula is C21H22Cl2O6S3. The van der Waals surface area contributed by atoms with Crippen molar-refractivity contribution in [2.75, 3.05) is 12.1 Å². The standard InChI is InChI=1S/C21H22Cl2O6S3/c1-10-7-12(19(23)13-8-17(30-3)32(27,28)21(10)13)20(26)18-14(25)5-4-6-15(18)31-16(9-22)29-11(2)24/h7,16-17H,4-6,8-9H2,1-3H3. The summed E-state index contributed by atoms with van der Waals surface area (Å²) in [7, 11) is -3.55. The lowest BCUT2D eigenvalue weighted by Gasteiger charge is -2.22. The first kappa shape index (κ1) is 25.6. The molecule has 1 aromatic carbocycles. The smallest absolute Gasteiger partial charge is 0.303 e. The number of carbonyl (C=O) groups is 3. The van der Waals surface area contributed by atoms with E-state index >= 15 is 0 Å². The number of hydrogen-bond donors (Lipinski definition) is 0. The molecule has 174 valence electrons. The van der Waals surface area contributed by atoms with Gasteiger partial charge in [0.05, 0.1) is 21.4 Å². The molecule has 0 saturated carbocycles. The molecule has 1 aliphatic carbocycles. The predicted molar refractivity (Wildman–Crippen MR) is 128 cm³/mol. The number of ketones is 2. The van der Waals surface area contributed by atoms with Crippen LogP contribution in [0.25, 0.3) is 0 Å². The lowest BCUT2D eigenvalue weighted by molar-refractivity contribution is -0.141. The Morgan fingerprint density at radius 1 is 1.31 bits per heavy atom. The van der Waals surface area contributed by atoms with Crippen LogP contribution in [0.1, 0.15) is 47.7 Å². The number of rotatable bonds is 7. The van der Waals surface area contributed by atoms with Gasteiger partial charge in [0.25, 0.3) is 0 Å². The van der Waals surface area contributed by atoms with Crippen molar-refractivity contribution < 1.29 is 27.5 Å². The number of alkyl halides is 1. The number of hydrogen-bond acceptors (Lipinski definition) is 8. The molecule has 1 heterocycles. The van der Waals surface area contributed by atoms with Gasteiger partial charge in [-0.05, 0) is 43.2 Å². The Kier molecular flexibility index (Phi) is 8.08. The number of halogens is 2. The number of aryl methyl sites for hydroxylation is 1. The second kappa shape index (κ2) is 10.1. The maximum absolute atomic E-state index is 13.5. The lowest BCUT2D eigenvalue weighted by Crippen LogP contribution is -2.22. The van der Waals surface area contributed by atoms with Gasteiger partial charge < -0.3 is 4.74 Å². The minimum Gasteiger partial charge on any atom is -0.450 e. The monoisotopic (exact) mass is 536 g/mol. The van der Waals surface area contributed by atoms with Crippen LogP contribution in [-0.4, -0.2) is 48.1 Å². The summed E-state index contributed by atoms with van der Waals surface area (Å²) in [6.45, 7) is 2.89. The molecule has 6 nitrogen and oxygen atoms in total. The van der Waals surface area contributed by atoms with E-state index in [9.17, 15) is 22.8 Å². The summed E-state index contributed by atoms with van der Waals surface area (Å²) in [5.74, 6) is -1.38. The normalized spacial score (nSPS) is 20.8. The van der Waals surface area contributed by atoms with Crippen LogP contribution < -0.4 is 0 Å². The Morgan fingerprint density at radius 2 is 2.00 bits per heavy atom. The van der Waals surface area contributed by atoms with E-state index in [4.69, 9.17) is 27.9 Å². The van der Waals surface area contributed by atoms with Gasteiger partial charge in [0, 0.05) is 30.2 Å². The minimum absolute atomic E-state index is 0.00392. The van der Waals surface area contributed by atoms with Gasteiger partial charge in [-0.1, -0.05) is 23.4 Å². The van der Waals surface area contributed by atoms with Crippen LogP contribution >= 0.6 is 46.7 Å². The molecule has 0 bridgehead atoms. The van der Waals surface area contributed by atoms with E-state index in [1.165, 1.54) is 24.8 Å². The van der Waals surface area contributed by atoms with Crippen LogP contribution in [0.4, 0.5) is 0 Å². The highest BCUT2D eigenvalue weighted by Crippen LogP contribution is 2.44. The van der Waals surface area contributed by atoms with Crippen molar-refractivity contribution in [2.45, 2.75) is 54.4 Å². The third-order valence-electron chi connectivity index (χ3n) is 5.29. The molecule has 1 aliphatic heterocycles. The average molecular weight is 538 g/mol. The number of benzene rings is 1. The van der Waals surface area contributed by atoms with Crippen LogP contribution in [0.3, 0.4) is 0 Å². The molecule has 0 radical (unpaired) electrons. The maximum atomic E-state index is 13.5. The summed E-state index contributed by atoms with van der Waals surface area (Å²) < 4.78 is 30.2. The third-order valence-corrected chi connectivity index (χ3v) is 11.4. The molecule has 2 unspecified atom stereocenters. The molecule has 1 aromatic rings. The summed E-state index contributed by atoms with van der Waals surface area (Å²) >= 11 is 14.8. The van der Waals surface area contributed by atoms with Gasteiger partial charge in [0.2, 0.25) is 0 Å². The van der Waals surface area contributed by atoms with Gasteiger partial charge in [-0.25, -0.2) is 8.42 Å². The van der Waals surface area contributed by atoms with Crippen molar-refractivity contribution in [1.82, 2.24) is 0 Å². The summed E-state index contributed by atoms with van der Waals surface area (Å²) in [4.78, 5) is 38.3. The molecule has 0 aromatic heterocycles. The first-order valence-corrected chi connectivity index (χ1v) is 14.4. The SMILES string of the molecule is CSC1Cc2c(Cl)c(C(=O)C3=C(SC(CCl)OC(C)=O)CCCC3=O)cc(C)c2S1(=O)=O. The second-order valence-electron chi connectivity index (χ2n) is 7.49. The van der Waals surface area contributed by atoms with Crippen molar-refractivity contribution in [1.29, 1.82) is 0 Å². The molecule has 0 spiro atoms. The Bertz CT molecular complexity index is 1130. The molecule has 2 aliphatic rings. The van der Waals surface area contributed by atoms with Crippen LogP contribution in [0.5, 0.6) is 0 Å². The second-order valence-corrected chi connectivity index (χ2v) is 12.8. The zero-order valence-corrected chi connectivity index (χ0v) is 21.7. The largest absolute Gasteiger partial charge is 0.450 e. The number of sulfone groups is 1. The molecule has 2 atom stereocenters. The van der Waals surface area contributed by atoms with E-state index in [0.717, 1.165) is 11.8 Å². The number of carbonyl (C=O) groups excluding carboxylic acids is 3. The lowest BCUT2D eigenvalue weighted by atomic mass is 9.90. The van der Waals surface area contributed by atoms with Crippen molar-refractivity contribution in [3.8, 4) is 0 Å². The van der Waals surface area contributed by atoms with Crippen LogP contribution in [0.15, 0.2) is 21.4 Å². The van der Waals surface area contributed by atoms with Gasteiger partial charge in [0.1, 0.15) is 4.58 Å². The summed E-state index contributed by atoms with van der Waals surface area (Å²) in [6, 6.07) is 1.45. The first-order chi connectivity index (χ1) is 15.0. The maximum Gasteiger partial charge on any atom is 0.303 e. The van der Waals surface area contributed by atoms with Gasteiger partial charge in [-0.15, -0.1) is 23.4 Å². The fraction of sp³-hybridized carbons (Fsp3) is 0.476. The molecule has 3 rings (SSSR count). The predicted octanol–water partition coefficient (Wildman–Crippen LogP) is 4.72. The highest BCUT2D eigenvalue weighted by atomic mass is 35.5. The van der Waals surface area contributed by atoms with E-state index in [1.807, 2.05) is 0 Å². The number of Topliss-reactive ketones (excluding diaryl/α,β-unsaturated/α-hetero) is 2. The van der Waals surface area contributed by atoms with Gasteiger partial charge in [-0.3, -0.25) is 14.4 Å². The molecule has 0 amide bonds. The fourth-order valence-electron chi connectivity index (χ4n) is 3.96. The van der Waals surface area contributed by atoms with E-state index in [-0.39, 0.29) is 45.6 Å². The number of allylic oxidation sites excluding steroid dienone is 2. The minimum atomic E-state index is -3.55. The summed E-state index contributed by atoms with van der Waals surface area (Å²) in [6.07, 6.45) is 3.17. The van der Waals surface area contributed by atoms with Crippen molar-refractivity contribution >= 4 is 74.1 Å². The van der Waals surface area contributed by atoms with Crippen LogP contribution in [0.2, 0.25) is 5.02 Å². The van der Waals surface area contributed by atoms with Crippen molar-refractivity contribution in [2.24, 2.45) is 0 Å². The van der Waals surface area contributed by atoms with Crippen molar-refractivity contribution in [3.05, 3.63) is 38.3 Å². The number of fused-ring (bicyclic) bond motifs is 1. The molecular weight excluding hydrogens is 515 g/mol. The van der Waals surface area contributed by atoms with Gasteiger partial charge in [-0.2, -0.15) is 0 Å². The van der Waals surface area contributed by atoms with E-state index in [0.29, 0.717) is 28.9 Å². The Morgan fingerprint density at radius 3 is 2.59 bits per heavy atom. The van der Waals surface area contributed by atoms with Crippen molar-refractivity contribution in [3.63, 3.8) is 0 Å². The zero-order chi connectivity index (χ0) is 23.8.